The molecule has 2 aromatic rings. The zero-order valence-corrected chi connectivity index (χ0v) is 10.9. The molecule has 1 atom stereocenters. The van der Waals surface area contributed by atoms with E-state index in [1.807, 2.05) is 25.4 Å². The van der Waals surface area contributed by atoms with E-state index in [0.717, 1.165) is 23.3 Å². The lowest BCUT2D eigenvalue weighted by Crippen LogP contribution is -2.27. The van der Waals surface area contributed by atoms with Gasteiger partial charge in [-0.2, -0.15) is 0 Å². The smallest absolute Gasteiger partial charge is 0.111 e. The first-order valence-electron chi connectivity index (χ1n) is 5.97. The van der Waals surface area contributed by atoms with Crippen LogP contribution in [0.1, 0.15) is 33.5 Å². The fraction of sp³-hybridized carbons (Fsp3) is 0.538. The molecule has 92 valence electrons. The quantitative estimate of drug-likeness (QED) is 0.862. The van der Waals surface area contributed by atoms with Gasteiger partial charge in [0.1, 0.15) is 11.3 Å². The summed E-state index contributed by atoms with van der Waals surface area (Å²) in [5.74, 6) is 1.04. The number of rotatable bonds is 2. The average molecular weight is 232 g/mol. The summed E-state index contributed by atoms with van der Waals surface area (Å²) in [6, 6.07) is 2.12. The standard InChI is InChI=1S/C13H20N4/c1-9(14)7-12-16-10-8-15-6-5-11(10)17(12)13(2,3)4/h5-6,8-9H,7,14H2,1-4H3. The first-order valence-corrected chi connectivity index (χ1v) is 5.97. The van der Waals surface area contributed by atoms with Gasteiger partial charge in [0.05, 0.1) is 11.7 Å². The van der Waals surface area contributed by atoms with Crippen molar-refractivity contribution < 1.29 is 0 Å². The Labute approximate surface area is 102 Å². The van der Waals surface area contributed by atoms with Crippen molar-refractivity contribution in [1.82, 2.24) is 14.5 Å². The van der Waals surface area contributed by atoms with Crippen LogP contribution in [0.4, 0.5) is 0 Å². The number of hydrogen-bond acceptors (Lipinski definition) is 3. The Kier molecular flexibility index (Phi) is 2.91. The van der Waals surface area contributed by atoms with E-state index < -0.39 is 0 Å². The number of pyridine rings is 1. The van der Waals surface area contributed by atoms with E-state index in [2.05, 4.69) is 35.3 Å². The summed E-state index contributed by atoms with van der Waals surface area (Å²) in [5.41, 5.74) is 7.96. The fourth-order valence-electron chi connectivity index (χ4n) is 2.16. The lowest BCUT2D eigenvalue weighted by Gasteiger charge is -2.25. The monoisotopic (exact) mass is 232 g/mol. The minimum Gasteiger partial charge on any atom is -0.328 e. The van der Waals surface area contributed by atoms with Crippen LogP contribution in [0.2, 0.25) is 0 Å². The molecule has 0 spiro atoms. The number of hydrogen-bond donors (Lipinski definition) is 1. The van der Waals surface area contributed by atoms with E-state index in [-0.39, 0.29) is 11.6 Å². The second-order valence-corrected chi connectivity index (χ2v) is 5.58. The van der Waals surface area contributed by atoms with Crippen LogP contribution in [-0.2, 0) is 12.0 Å². The summed E-state index contributed by atoms with van der Waals surface area (Å²) < 4.78 is 2.26. The predicted octanol–water partition coefficient (Wildman–Crippen LogP) is 2.08. The van der Waals surface area contributed by atoms with Crippen molar-refractivity contribution in [3.05, 3.63) is 24.3 Å². The van der Waals surface area contributed by atoms with Crippen LogP contribution in [0, 0.1) is 0 Å². The van der Waals surface area contributed by atoms with Crippen molar-refractivity contribution in [2.75, 3.05) is 0 Å². The second-order valence-electron chi connectivity index (χ2n) is 5.58. The van der Waals surface area contributed by atoms with Crippen LogP contribution in [0.5, 0.6) is 0 Å². The lowest BCUT2D eigenvalue weighted by atomic mass is 10.1. The SMILES string of the molecule is CC(N)Cc1nc2cnccc2n1C(C)(C)C. The van der Waals surface area contributed by atoms with E-state index in [0.29, 0.717) is 0 Å². The van der Waals surface area contributed by atoms with Crippen LogP contribution < -0.4 is 5.73 Å². The summed E-state index contributed by atoms with van der Waals surface area (Å²) >= 11 is 0. The molecule has 0 saturated carbocycles. The number of nitrogens with zero attached hydrogens (tertiary/aromatic N) is 3. The molecule has 2 heterocycles. The summed E-state index contributed by atoms with van der Waals surface area (Å²) in [4.78, 5) is 8.76. The molecule has 0 aliphatic rings. The zero-order valence-electron chi connectivity index (χ0n) is 10.9. The molecular formula is C13H20N4. The molecule has 2 rings (SSSR count). The molecule has 0 aromatic carbocycles. The Morgan fingerprint density at radius 1 is 1.41 bits per heavy atom. The average Bonchev–Trinajstić information content (AvgIpc) is 2.53. The van der Waals surface area contributed by atoms with Gasteiger partial charge in [0.2, 0.25) is 0 Å². The van der Waals surface area contributed by atoms with Crippen molar-refractivity contribution in [2.24, 2.45) is 5.73 Å². The third kappa shape index (κ3) is 2.31. The van der Waals surface area contributed by atoms with Gasteiger partial charge in [0.15, 0.2) is 0 Å². The molecule has 0 bridgehead atoms. The second kappa shape index (κ2) is 4.11. The number of imidazole rings is 1. The molecular weight excluding hydrogens is 212 g/mol. The number of aromatic nitrogens is 3. The van der Waals surface area contributed by atoms with Gasteiger partial charge in [0, 0.05) is 24.2 Å². The molecule has 2 N–H and O–H groups in total. The Morgan fingerprint density at radius 2 is 2.12 bits per heavy atom. The molecule has 0 aliphatic carbocycles. The van der Waals surface area contributed by atoms with Gasteiger partial charge < -0.3 is 10.3 Å². The molecule has 0 aliphatic heterocycles. The van der Waals surface area contributed by atoms with Crippen LogP contribution in [-0.4, -0.2) is 20.6 Å². The first-order chi connectivity index (χ1) is 7.89. The summed E-state index contributed by atoms with van der Waals surface area (Å²) in [7, 11) is 0. The molecule has 0 amide bonds. The third-order valence-corrected chi connectivity index (χ3v) is 2.70. The topological polar surface area (TPSA) is 56.7 Å². The van der Waals surface area contributed by atoms with Crippen molar-refractivity contribution >= 4 is 11.0 Å². The van der Waals surface area contributed by atoms with Crippen LogP contribution in [0.15, 0.2) is 18.5 Å². The highest BCUT2D eigenvalue weighted by molar-refractivity contribution is 5.75. The maximum absolute atomic E-state index is 5.89. The normalized spacial score (nSPS) is 14.2. The molecule has 0 saturated heterocycles. The van der Waals surface area contributed by atoms with Crippen molar-refractivity contribution in [3.63, 3.8) is 0 Å². The van der Waals surface area contributed by atoms with Crippen molar-refractivity contribution in [1.29, 1.82) is 0 Å². The van der Waals surface area contributed by atoms with Gasteiger partial charge in [-0.1, -0.05) is 0 Å². The van der Waals surface area contributed by atoms with Gasteiger partial charge in [0.25, 0.3) is 0 Å². The van der Waals surface area contributed by atoms with Crippen molar-refractivity contribution in [3.8, 4) is 0 Å². The highest BCUT2D eigenvalue weighted by Gasteiger charge is 2.21. The van der Waals surface area contributed by atoms with E-state index in [1.54, 1.807) is 0 Å². The van der Waals surface area contributed by atoms with E-state index in [1.165, 1.54) is 0 Å². The van der Waals surface area contributed by atoms with Crippen molar-refractivity contribution in [2.45, 2.75) is 45.7 Å². The third-order valence-electron chi connectivity index (χ3n) is 2.70. The van der Waals surface area contributed by atoms with Gasteiger partial charge in [-0.25, -0.2) is 4.98 Å². The molecule has 4 heteroatoms. The molecule has 17 heavy (non-hydrogen) atoms. The van der Waals surface area contributed by atoms with Gasteiger partial charge in [-0.05, 0) is 33.8 Å². The highest BCUT2D eigenvalue weighted by atomic mass is 15.1. The minimum atomic E-state index is 0.000324. The summed E-state index contributed by atoms with van der Waals surface area (Å²) in [5, 5.41) is 0. The summed E-state index contributed by atoms with van der Waals surface area (Å²) in [6.07, 6.45) is 4.40. The van der Waals surface area contributed by atoms with Gasteiger partial charge in [-0.15, -0.1) is 0 Å². The molecule has 0 fully saturated rings. The Morgan fingerprint density at radius 3 is 2.71 bits per heavy atom. The molecule has 4 nitrogen and oxygen atoms in total. The lowest BCUT2D eigenvalue weighted by molar-refractivity contribution is 0.391. The van der Waals surface area contributed by atoms with E-state index >= 15 is 0 Å². The maximum atomic E-state index is 5.89. The Balaban J connectivity index is 2.65. The van der Waals surface area contributed by atoms with Crippen LogP contribution >= 0.6 is 0 Å². The fourth-order valence-corrected chi connectivity index (χ4v) is 2.16. The largest absolute Gasteiger partial charge is 0.328 e. The van der Waals surface area contributed by atoms with Gasteiger partial charge in [-0.3, -0.25) is 4.98 Å². The van der Waals surface area contributed by atoms with E-state index in [9.17, 15) is 0 Å². The number of fused-ring (bicyclic) bond motifs is 1. The Hall–Kier alpha value is -1.42. The molecule has 2 aromatic heterocycles. The van der Waals surface area contributed by atoms with Crippen LogP contribution in [0.3, 0.4) is 0 Å². The van der Waals surface area contributed by atoms with Gasteiger partial charge >= 0.3 is 0 Å². The maximum Gasteiger partial charge on any atom is 0.111 e. The van der Waals surface area contributed by atoms with Crippen LogP contribution in [0.25, 0.3) is 11.0 Å². The Bertz CT molecular complexity index is 520. The summed E-state index contributed by atoms with van der Waals surface area (Å²) in [6.45, 7) is 8.54. The molecule has 0 radical (unpaired) electrons. The van der Waals surface area contributed by atoms with E-state index in [4.69, 9.17) is 5.73 Å². The first kappa shape index (κ1) is 12.0. The minimum absolute atomic E-state index is 0.000324. The highest BCUT2D eigenvalue weighted by Crippen LogP contribution is 2.24. The number of nitrogens with two attached hydrogens (primary N) is 1. The molecule has 1 unspecified atom stereocenters. The predicted molar refractivity (Wildman–Crippen MR) is 69.9 cm³/mol. The zero-order chi connectivity index (χ0) is 12.6.